The predicted octanol–water partition coefficient (Wildman–Crippen LogP) is -0.0314. The monoisotopic (exact) mass is 259 g/mol. The first kappa shape index (κ1) is 13.2. The molecule has 0 unspecified atom stereocenters. The Labute approximate surface area is 99.0 Å². The van der Waals surface area contributed by atoms with Crippen molar-refractivity contribution < 1.29 is 17.9 Å². The number of carbonyl (C=O) groups excluding carboxylic acids is 1. The Balaban J connectivity index is 2.66. The van der Waals surface area contributed by atoms with Gasteiger partial charge in [-0.25, -0.2) is 13.4 Å². The number of ether oxygens (including phenoxy) is 1. The van der Waals surface area contributed by atoms with Crippen LogP contribution in [0.4, 0.5) is 11.5 Å². The highest BCUT2D eigenvalue weighted by atomic mass is 32.2. The van der Waals surface area contributed by atoms with E-state index in [-0.39, 0.29) is 18.1 Å². The third kappa shape index (κ3) is 4.68. The van der Waals surface area contributed by atoms with Crippen LogP contribution in [0.1, 0.15) is 6.92 Å². The Hall–Kier alpha value is -1.83. The highest BCUT2D eigenvalue weighted by Crippen LogP contribution is 2.09. The number of nitrogens with one attached hydrogen (secondary N) is 1. The van der Waals surface area contributed by atoms with Gasteiger partial charge in [0.05, 0.1) is 18.5 Å². The molecule has 0 aliphatic rings. The lowest BCUT2D eigenvalue weighted by atomic mass is 10.4. The number of aromatic nitrogens is 1. The summed E-state index contributed by atoms with van der Waals surface area (Å²) in [6.45, 7) is 1.74. The Morgan fingerprint density at radius 1 is 1.53 bits per heavy atom. The van der Waals surface area contributed by atoms with Crippen LogP contribution in [0.2, 0.25) is 0 Å². The Bertz CT molecular complexity index is 483. The molecule has 3 N–H and O–H groups in total. The molecule has 8 heteroatoms. The standard InChI is InChI=1S/C9H13N3O4S/c1-2-16-9(13)6-17(14,15)12-7-3-4-8(10)11-5-7/h3-5,12H,2,6H2,1H3,(H2,10,11). The second kappa shape index (κ2) is 5.48. The molecule has 0 aromatic carbocycles. The molecule has 1 heterocycles. The number of rotatable bonds is 5. The summed E-state index contributed by atoms with van der Waals surface area (Å²) in [5.74, 6) is -1.26. The average Bonchev–Trinajstić information content (AvgIpc) is 2.20. The molecular weight excluding hydrogens is 246 g/mol. The summed E-state index contributed by atoms with van der Waals surface area (Å²) in [6, 6.07) is 2.90. The van der Waals surface area contributed by atoms with Gasteiger partial charge in [0, 0.05) is 0 Å². The van der Waals surface area contributed by atoms with Crippen LogP contribution in [-0.2, 0) is 19.6 Å². The van der Waals surface area contributed by atoms with Crippen molar-refractivity contribution in [1.29, 1.82) is 0 Å². The normalized spacial score (nSPS) is 10.9. The van der Waals surface area contributed by atoms with E-state index in [9.17, 15) is 13.2 Å². The van der Waals surface area contributed by atoms with E-state index in [1.165, 1.54) is 18.3 Å². The van der Waals surface area contributed by atoms with E-state index >= 15 is 0 Å². The maximum Gasteiger partial charge on any atom is 0.323 e. The molecule has 0 amide bonds. The summed E-state index contributed by atoms with van der Waals surface area (Å²) in [5.41, 5.74) is 5.59. The van der Waals surface area contributed by atoms with Crippen molar-refractivity contribution in [3.63, 3.8) is 0 Å². The van der Waals surface area contributed by atoms with Crippen LogP contribution in [0.5, 0.6) is 0 Å². The van der Waals surface area contributed by atoms with Crippen LogP contribution in [0.25, 0.3) is 0 Å². The van der Waals surface area contributed by atoms with Crippen LogP contribution in [0, 0.1) is 0 Å². The number of esters is 1. The average molecular weight is 259 g/mol. The predicted molar refractivity (Wildman–Crippen MR) is 62.7 cm³/mol. The molecule has 94 valence electrons. The Morgan fingerprint density at radius 3 is 2.76 bits per heavy atom. The van der Waals surface area contributed by atoms with Crippen molar-refractivity contribution in [1.82, 2.24) is 4.98 Å². The molecule has 0 fully saturated rings. The topological polar surface area (TPSA) is 111 Å². The lowest BCUT2D eigenvalue weighted by Gasteiger charge is -2.07. The second-order valence-electron chi connectivity index (χ2n) is 3.14. The van der Waals surface area contributed by atoms with Gasteiger partial charge < -0.3 is 10.5 Å². The van der Waals surface area contributed by atoms with Crippen molar-refractivity contribution in [2.24, 2.45) is 0 Å². The highest BCUT2D eigenvalue weighted by molar-refractivity contribution is 7.93. The van der Waals surface area contributed by atoms with E-state index in [1.807, 2.05) is 0 Å². The van der Waals surface area contributed by atoms with Crippen LogP contribution in [-0.4, -0.2) is 31.7 Å². The van der Waals surface area contributed by atoms with Crippen LogP contribution in [0.15, 0.2) is 18.3 Å². The number of sulfonamides is 1. The number of nitrogen functional groups attached to an aromatic ring is 1. The van der Waals surface area contributed by atoms with Crippen molar-refractivity contribution in [2.45, 2.75) is 6.92 Å². The second-order valence-corrected chi connectivity index (χ2v) is 4.86. The third-order valence-electron chi connectivity index (χ3n) is 1.67. The van der Waals surface area contributed by atoms with Crippen molar-refractivity contribution in [3.05, 3.63) is 18.3 Å². The Morgan fingerprint density at radius 2 is 2.24 bits per heavy atom. The first-order chi connectivity index (χ1) is 7.93. The number of carbonyl (C=O) groups is 1. The lowest BCUT2D eigenvalue weighted by molar-refractivity contribution is -0.139. The van der Waals surface area contributed by atoms with Gasteiger partial charge in [0.15, 0.2) is 5.75 Å². The fourth-order valence-corrected chi connectivity index (χ4v) is 1.98. The molecule has 17 heavy (non-hydrogen) atoms. The number of hydrogen-bond donors (Lipinski definition) is 2. The molecule has 0 atom stereocenters. The van der Waals surface area contributed by atoms with Crippen LogP contribution in [0.3, 0.4) is 0 Å². The van der Waals surface area contributed by atoms with Crippen molar-refractivity contribution in [2.75, 3.05) is 22.8 Å². The molecule has 0 saturated heterocycles. The van der Waals surface area contributed by atoms with E-state index in [0.717, 1.165) is 0 Å². The van der Waals surface area contributed by atoms with Crippen LogP contribution >= 0.6 is 0 Å². The van der Waals surface area contributed by atoms with E-state index in [1.54, 1.807) is 6.92 Å². The highest BCUT2D eigenvalue weighted by Gasteiger charge is 2.17. The maximum absolute atomic E-state index is 11.5. The first-order valence-corrected chi connectivity index (χ1v) is 6.46. The summed E-state index contributed by atoms with van der Waals surface area (Å²) < 4.78 is 29.7. The van der Waals surface area contributed by atoms with E-state index in [0.29, 0.717) is 0 Å². The molecule has 1 aromatic rings. The molecule has 1 rings (SSSR count). The largest absolute Gasteiger partial charge is 0.465 e. The molecule has 0 saturated carbocycles. The van der Waals surface area contributed by atoms with E-state index in [4.69, 9.17) is 5.73 Å². The Kier molecular flexibility index (Phi) is 4.27. The number of nitrogens with zero attached hydrogens (tertiary/aromatic N) is 1. The molecule has 1 aromatic heterocycles. The molecule has 0 aliphatic heterocycles. The van der Waals surface area contributed by atoms with Gasteiger partial charge in [0.2, 0.25) is 10.0 Å². The first-order valence-electron chi connectivity index (χ1n) is 4.80. The number of anilines is 2. The SMILES string of the molecule is CCOC(=O)CS(=O)(=O)Nc1ccc(N)nc1. The minimum Gasteiger partial charge on any atom is -0.465 e. The van der Waals surface area contributed by atoms with Gasteiger partial charge in [0.25, 0.3) is 0 Å². The van der Waals surface area contributed by atoms with Gasteiger partial charge >= 0.3 is 5.97 Å². The molecule has 7 nitrogen and oxygen atoms in total. The molecule has 0 bridgehead atoms. The summed E-state index contributed by atoms with van der Waals surface area (Å²) >= 11 is 0. The third-order valence-corrected chi connectivity index (χ3v) is 2.84. The fraction of sp³-hybridized carbons (Fsp3) is 0.333. The molecule has 0 aliphatic carbocycles. The van der Waals surface area contributed by atoms with Gasteiger partial charge in [-0.05, 0) is 19.1 Å². The zero-order valence-electron chi connectivity index (χ0n) is 9.21. The molecular formula is C9H13N3O4S. The zero-order chi connectivity index (χ0) is 12.9. The van der Waals surface area contributed by atoms with Gasteiger partial charge in [-0.1, -0.05) is 0 Å². The zero-order valence-corrected chi connectivity index (χ0v) is 10.0. The van der Waals surface area contributed by atoms with Crippen LogP contribution < -0.4 is 10.5 Å². The summed E-state index contributed by atoms with van der Waals surface area (Å²) in [7, 11) is -3.77. The van der Waals surface area contributed by atoms with Gasteiger partial charge in [-0.15, -0.1) is 0 Å². The summed E-state index contributed by atoms with van der Waals surface area (Å²) in [5, 5.41) is 0. The molecule has 0 spiro atoms. The van der Waals surface area contributed by atoms with E-state index < -0.39 is 21.7 Å². The van der Waals surface area contributed by atoms with Crippen molar-refractivity contribution in [3.8, 4) is 0 Å². The minimum absolute atomic E-state index is 0.137. The summed E-state index contributed by atoms with van der Waals surface area (Å²) in [4.78, 5) is 14.7. The van der Waals surface area contributed by atoms with E-state index in [2.05, 4.69) is 14.4 Å². The summed E-state index contributed by atoms with van der Waals surface area (Å²) in [6.07, 6.45) is 1.26. The number of hydrogen-bond acceptors (Lipinski definition) is 6. The number of pyridine rings is 1. The quantitative estimate of drug-likeness (QED) is 0.718. The lowest BCUT2D eigenvalue weighted by Crippen LogP contribution is -2.24. The fourth-order valence-electron chi connectivity index (χ4n) is 1.04. The van der Waals surface area contributed by atoms with Gasteiger partial charge in [-0.2, -0.15) is 0 Å². The minimum atomic E-state index is -3.77. The van der Waals surface area contributed by atoms with Gasteiger partial charge in [0.1, 0.15) is 5.82 Å². The molecule has 0 radical (unpaired) electrons. The maximum atomic E-state index is 11.5. The van der Waals surface area contributed by atoms with Gasteiger partial charge in [-0.3, -0.25) is 9.52 Å². The number of nitrogens with two attached hydrogens (primary N) is 1. The smallest absolute Gasteiger partial charge is 0.323 e. The van der Waals surface area contributed by atoms with Crippen molar-refractivity contribution >= 4 is 27.5 Å².